The van der Waals surface area contributed by atoms with Gasteiger partial charge in [-0.1, -0.05) is 0 Å². The third kappa shape index (κ3) is 2.94. The molecule has 0 radical (unpaired) electrons. The lowest BCUT2D eigenvalue weighted by molar-refractivity contribution is -0.384. The molecule has 0 bridgehead atoms. The second-order valence-corrected chi connectivity index (χ2v) is 4.03. The van der Waals surface area contributed by atoms with Gasteiger partial charge in [-0.05, 0) is 24.3 Å². The van der Waals surface area contributed by atoms with Crippen LogP contribution >= 0.6 is 0 Å². The van der Waals surface area contributed by atoms with E-state index >= 15 is 0 Å². The number of nitro benzene ring substituents is 1. The fourth-order valence-corrected chi connectivity index (χ4v) is 1.71. The zero-order chi connectivity index (χ0) is 15.4. The van der Waals surface area contributed by atoms with Crippen molar-refractivity contribution in [2.45, 2.75) is 0 Å². The van der Waals surface area contributed by atoms with Crippen LogP contribution in [0.1, 0.15) is 11.1 Å². The zero-order valence-corrected chi connectivity index (χ0v) is 10.5. The Labute approximate surface area is 118 Å². The van der Waals surface area contributed by atoms with Crippen molar-refractivity contribution in [1.82, 2.24) is 0 Å². The van der Waals surface area contributed by atoms with Crippen molar-refractivity contribution in [3.8, 4) is 12.1 Å². The lowest BCUT2D eigenvalue weighted by Crippen LogP contribution is -1.98. The molecule has 0 spiro atoms. The quantitative estimate of drug-likeness (QED) is 0.687. The van der Waals surface area contributed by atoms with Gasteiger partial charge in [0.05, 0.1) is 27.4 Å². The molecule has 0 saturated heterocycles. The number of nitrogens with one attached hydrogen (secondary N) is 1. The van der Waals surface area contributed by atoms with Crippen LogP contribution in [-0.4, -0.2) is 4.92 Å². The van der Waals surface area contributed by atoms with Crippen LogP contribution in [0.2, 0.25) is 0 Å². The first-order valence-corrected chi connectivity index (χ1v) is 5.70. The van der Waals surface area contributed by atoms with Crippen LogP contribution in [0.3, 0.4) is 0 Å². The summed E-state index contributed by atoms with van der Waals surface area (Å²) in [7, 11) is 0. The van der Waals surface area contributed by atoms with Gasteiger partial charge in [0.15, 0.2) is 0 Å². The Bertz CT molecular complexity index is 806. The molecule has 2 aromatic carbocycles. The van der Waals surface area contributed by atoms with Crippen LogP contribution in [0.25, 0.3) is 0 Å². The van der Waals surface area contributed by atoms with Crippen LogP contribution in [0.5, 0.6) is 0 Å². The normalized spacial score (nSPS) is 9.48. The Morgan fingerprint density at radius 3 is 2.19 bits per heavy atom. The van der Waals surface area contributed by atoms with Crippen LogP contribution in [-0.2, 0) is 0 Å². The monoisotopic (exact) mass is 282 g/mol. The molecule has 102 valence electrons. The Morgan fingerprint density at radius 1 is 1.05 bits per heavy atom. The van der Waals surface area contributed by atoms with Crippen LogP contribution in [0, 0.1) is 38.6 Å². The van der Waals surface area contributed by atoms with E-state index in [0.717, 1.165) is 12.1 Å². The lowest BCUT2D eigenvalue weighted by atomic mass is 10.1. The highest BCUT2D eigenvalue weighted by Crippen LogP contribution is 2.26. The predicted molar refractivity (Wildman–Crippen MR) is 72.2 cm³/mol. The third-order valence-corrected chi connectivity index (χ3v) is 2.71. The number of nitrogens with zero attached hydrogens (tertiary/aromatic N) is 3. The molecule has 0 aliphatic rings. The van der Waals surface area contributed by atoms with E-state index < -0.39 is 10.7 Å². The molecule has 0 amide bonds. The van der Waals surface area contributed by atoms with E-state index in [1.54, 1.807) is 0 Å². The fraction of sp³-hybridized carbons (Fsp3) is 0. The minimum absolute atomic E-state index is 0.0532. The standard InChI is InChI=1S/C14H7FN4O2/c15-11-1-3-13(9(5-11)7-16)18-14-4-2-12(19(20)21)6-10(14)8-17/h1-6,18H. The van der Waals surface area contributed by atoms with E-state index in [1.807, 2.05) is 12.1 Å². The highest BCUT2D eigenvalue weighted by Gasteiger charge is 2.12. The van der Waals surface area contributed by atoms with Gasteiger partial charge >= 0.3 is 0 Å². The molecular formula is C14H7FN4O2. The maximum Gasteiger partial charge on any atom is 0.270 e. The smallest absolute Gasteiger partial charge is 0.270 e. The Morgan fingerprint density at radius 2 is 1.62 bits per heavy atom. The fourth-order valence-electron chi connectivity index (χ4n) is 1.71. The first-order chi connectivity index (χ1) is 10.0. The average Bonchev–Trinajstić information content (AvgIpc) is 2.49. The SMILES string of the molecule is N#Cc1cc(F)ccc1Nc1ccc([N+](=O)[O-])cc1C#N. The largest absolute Gasteiger partial charge is 0.353 e. The Balaban J connectivity index is 2.43. The summed E-state index contributed by atoms with van der Waals surface area (Å²) < 4.78 is 13.1. The van der Waals surface area contributed by atoms with Crippen LogP contribution < -0.4 is 5.32 Å². The number of hydrogen-bond acceptors (Lipinski definition) is 5. The minimum Gasteiger partial charge on any atom is -0.353 e. The number of hydrogen-bond donors (Lipinski definition) is 1. The second-order valence-electron chi connectivity index (χ2n) is 4.03. The van der Waals surface area contributed by atoms with Crippen molar-refractivity contribution in [3.05, 3.63) is 63.5 Å². The zero-order valence-electron chi connectivity index (χ0n) is 10.5. The number of nitro groups is 1. The summed E-state index contributed by atoms with van der Waals surface area (Å²) in [4.78, 5) is 10.1. The molecule has 1 N–H and O–H groups in total. The van der Waals surface area contributed by atoms with Gasteiger partial charge in [0.25, 0.3) is 5.69 Å². The van der Waals surface area contributed by atoms with Crippen molar-refractivity contribution in [3.63, 3.8) is 0 Å². The third-order valence-electron chi connectivity index (χ3n) is 2.71. The molecule has 2 rings (SSSR count). The predicted octanol–water partition coefficient (Wildman–Crippen LogP) is 3.22. The first kappa shape index (κ1) is 14.0. The van der Waals surface area contributed by atoms with Crippen LogP contribution in [0.4, 0.5) is 21.5 Å². The molecule has 0 aromatic heterocycles. The van der Waals surface area contributed by atoms with E-state index in [9.17, 15) is 14.5 Å². The molecule has 0 heterocycles. The summed E-state index contributed by atoms with van der Waals surface area (Å²) in [6.07, 6.45) is 0. The molecular weight excluding hydrogens is 275 g/mol. The summed E-state index contributed by atoms with van der Waals surface area (Å²) in [6, 6.07) is 11.0. The molecule has 0 fully saturated rings. The summed E-state index contributed by atoms with van der Waals surface area (Å²) in [5, 5.41) is 31.5. The molecule has 0 unspecified atom stereocenters. The molecule has 0 aliphatic carbocycles. The Kier molecular flexibility index (Phi) is 3.78. The molecule has 0 saturated carbocycles. The minimum atomic E-state index is -0.608. The summed E-state index contributed by atoms with van der Waals surface area (Å²) in [6.45, 7) is 0. The van der Waals surface area contributed by atoms with Gasteiger partial charge in [-0.2, -0.15) is 10.5 Å². The van der Waals surface area contributed by atoms with Gasteiger partial charge in [-0.25, -0.2) is 4.39 Å². The van der Waals surface area contributed by atoms with Crippen molar-refractivity contribution in [2.75, 3.05) is 5.32 Å². The molecule has 0 atom stereocenters. The highest BCUT2D eigenvalue weighted by atomic mass is 19.1. The maximum absolute atomic E-state index is 13.1. The Hall–Kier alpha value is -3.45. The number of rotatable bonds is 3. The lowest BCUT2D eigenvalue weighted by Gasteiger charge is -2.09. The topological polar surface area (TPSA) is 103 Å². The number of non-ortho nitro benzene ring substituents is 1. The highest BCUT2D eigenvalue weighted by molar-refractivity contribution is 5.72. The van der Waals surface area contributed by atoms with E-state index in [1.165, 1.54) is 24.3 Å². The van der Waals surface area contributed by atoms with Gasteiger partial charge in [-0.3, -0.25) is 10.1 Å². The van der Waals surface area contributed by atoms with Gasteiger partial charge in [0, 0.05) is 12.1 Å². The van der Waals surface area contributed by atoms with Crippen molar-refractivity contribution >= 4 is 17.1 Å². The van der Waals surface area contributed by atoms with Crippen molar-refractivity contribution in [2.24, 2.45) is 0 Å². The summed E-state index contributed by atoms with van der Waals surface area (Å²) in [5.74, 6) is -0.554. The summed E-state index contributed by atoms with van der Waals surface area (Å²) in [5.41, 5.74) is 0.516. The molecule has 7 heteroatoms. The molecule has 6 nitrogen and oxygen atoms in total. The van der Waals surface area contributed by atoms with Crippen molar-refractivity contribution in [1.29, 1.82) is 10.5 Å². The maximum atomic E-state index is 13.1. The van der Waals surface area contributed by atoms with Crippen LogP contribution in [0.15, 0.2) is 36.4 Å². The van der Waals surface area contributed by atoms with Gasteiger partial charge < -0.3 is 5.32 Å². The number of benzene rings is 2. The first-order valence-electron chi connectivity index (χ1n) is 5.70. The molecule has 2 aromatic rings. The number of nitriles is 2. The van der Waals surface area contributed by atoms with E-state index in [2.05, 4.69) is 5.32 Å². The van der Waals surface area contributed by atoms with E-state index in [0.29, 0.717) is 11.4 Å². The van der Waals surface area contributed by atoms with Gasteiger partial charge in [0.2, 0.25) is 0 Å². The summed E-state index contributed by atoms with van der Waals surface area (Å²) >= 11 is 0. The average molecular weight is 282 g/mol. The van der Waals surface area contributed by atoms with Gasteiger partial charge in [0.1, 0.15) is 18.0 Å². The number of anilines is 2. The van der Waals surface area contributed by atoms with Gasteiger partial charge in [-0.15, -0.1) is 0 Å². The molecule has 21 heavy (non-hydrogen) atoms. The second kappa shape index (κ2) is 5.68. The number of halogens is 1. The van der Waals surface area contributed by atoms with Crippen molar-refractivity contribution < 1.29 is 9.31 Å². The van der Waals surface area contributed by atoms with E-state index in [4.69, 9.17) is 10.5 Å². The van der Waals surface area contributed by atoms with E-state index in [-0.39, 0.29) is 16.8 Å². The molecule has 0 aliphatic heterocycles.